The second-order valence-corrected chi connectivity index (χ2v) is 6.84. The SMILES string of the molecule is Cc1cc(C(c2ccccc2)N2CCc3ccccc3C2)c(C)[nH]1. The van der Waals surface area contributed by atoms with Gasteiger partial charge in [-0.3, -0.25) is 4.90 Å². The lowest BCUT2D eigenvalue weighted by Gasteiger charge is -2.36. The summed E-state index contributed by atoms with van der Waals surface area (Å²) >= 11 is 0. The monoisotopic (exact) mass is 316 g/mol. The van der Waals surface area contributed by atoms with Gasteiger partial charge >= 0.3 is 0 Å². The lowest BCUT2D eigenvalue weighted by atomic mass is 9.92. The average Bonchev–Trinajstić information content (AvgIpc) is 2.94. The molecule has 0 bridgehead atoms. The van der Waals surface area contributed by atoms with E-state index in [2.05, 4.69) is 84.4 Å². The Bertz CT molecular complexity index is 832. The molecule has 3 aromatic rings. The molecule has 1 atom stereocenters. The van der Waals surface area contributed by atoms with Crippen LogP contribution in [-0.4, -0.2) is 16.4 Å². The number of aromatic nitrogens is 1. The Kier molecular flexibility index (Phi) is 3.99. The van der Waals surface area contributed by atoms with E-state index in [4.69, 9.17) is 0 Å². The van der Waals surface area contributed by atoms with Crippen LogP contribution in [0, 0.1) is 13.8 Å². The molecule has 0 spiro atoms. The summed E-state index contributed by atoms with van der Waals surface area (Å²) in [6.07, 6.45) is 1.13. The van der Waals surface area contributed by atoms with E-state index in [0.717, 1.165) is 19.5 Å². The zero-order valence-electron chi connectivity index (χ0n) is 14.4. The molecule has 2 heteroatoms. The number of hydrogen-bond donors (Lipinski definition) is 1. The minimum atomic E-state index is 0.310. The Morgan fingerprint density at radius 1 is 0.917 bits per heavy atom. The van der Waals surface area contributed by atoms with Gasteiger partial charge in [0.15, 0.2) is 0 Å². The molecule has 2 nitrogen and oxygen atoms in total. The van der Waals surface area contributed by atoms with Crippen molar-refractivity contribution in [1.29, 1.82) is 0 Å². The van der Waals surface area contributed by atoms with E-state index in [-0.39, 0.29) is 0 Å². The van der Waals surface area contributed by atoms with E-state index in [1.807, 2.05) is 0 Å². The fraction of sp³-hybridized carbons (Fsp3) is 0.273. The Balaban J connectivity index is 1.76. The van der Waals surface area contributed by atoms with Gasteiger partial charge in [-0.05, 0) is 48.6 Å². The van der Waals surface area contributed by atoms with Crippen molar-refractivity contribution >= 4 is 0 Å². The summed E-state index contributed by atoms with van der Waals surface area (Å²) in [6, 6.07) is 22.4. The minimum absolute atomic E-state index is 0.310. The summed E-state index contributed by atoms with van der Waals surface area (Å²) in [5.74, 6) is 0. The van der Waals surface area contributed by atoms with Gasteiger partial charge < -0.3 is 4.98 Å². The molecule has 1 N–H and O–H groups in total. The van der Waals surface area contributed by atoms with Crippen LogP contribution in [0.2, 0.25) is 0 Å². The predicted molar refractivity (Wildman–Crippen MR) is 99.1 cm³/mol. The number of benzene rings is 2. The molecule has 1 unspecified atom stereocenters. The second kappa shape index (κ2) is 6.29. The predicted octanol–water partition coefficient (Wildman–Crippen LogP) is 4.78. The van der Waals surface area contributed by atoms with Crippen molar-refractivity contribution in [3.8, 4) is 0 Å². The van der Waals surface area contributed by atoms with Crippen LogP contribution < -0.4 is 0 Å². The van der Waals surface area contributed by atoms with Gasteiger partial charge in [-0.2, -0.15) is 0 Å². The highest BCUT2D eigenvalue weighted by atomic mass is 15.2. The van der Waals surface area contributed by atoms with E-state index < -0.39 is 0 Å². The lowest BCUT2D eigenvalue weighted by molar-refractivity contribution is 0.206. The van der Waals surface area contributed by atoms with Gasteiger partial charge in [0.05, 0.1) is 6.04 Å². The molecule has 2 aromatic carbocycles. The minimum Gasteiger partial charge on any atom is -0.362 e. The van der Waals surface area contributed by atoms with E-state index in [1.54, 1.807) is 0 Å². The Labute approximate surface area is 144 Å². The summed E-state index contributed by atoms with van der Waals surface area (Å²) in [5.41, 5.74) is 8.26. The molecule has 2 heterocycles. The van der Waals surface area contributed by atoms with E-state index in [1.165, 1.54) is 33.6 Å². The fourth-order valence-electron chi connectivity index (χ4n) is 3.99. The highest BCUT2D eigenvalue weighted by Crippen LogP contribution is 2.34. The molecular formula is C22H24N2. The van der Waals surface area contributed by atoms with Gasteiger partial charge in [0.25, 0.3) is 0 Å². The highest BCUT2D eigenvalue weighted by Gasteiger charge is 2.27. The smallest absolute Gasteiger partial charge is 0.0622 e. The summed E-state index contributed by atoms with van der Waals surface area (Å²) in [7, 11) is 0. The number of aryl methyl sites for hydroxylation is 2. The van der Waals surface area contributed by atoms with Crippen LogP contribution in [0.25, 0.3) is 0 Å². The van der Waals surface area contributed by atoms with Crippen LogP contribution in [0.3, 0.4) is 0 Å². The molecule has 1 aromatic heterocycles. The number of nitrogens with zero attached hydrogens (tertiary/aromatic N) is 1. The first-order chi connectivity index (χ1) is 11.7. The Hall–Kier alpha value is -2.32. The molecule has 0 saturated heterocycles. The first kappa shape index (κ1) is 15.2. The third-order valence-electron chi connectivity index (χ3n) is 5.12. The maximum Gasteiger partial charge on any atom is 0.0622 e. The number of hydrogen-bond acceptors (Lipinski definition) is 1. The fourth-order valence-corrected chi connectivity index (χ4v) is 3.99. The quantitative estimate of drug-likeness (QED) is 0.737. The van der Waals surface area contributed by atoms with Crippen molar-refractivity contribution < 1.29 is 0 Å². The standard InChI is InChI=1S/C22H24N2/c1-16-14-21(17(2)23-16)22(19-9-4-3-5-10-19)24-13-12-18-8-6-7-11-20(18)15-24/h3-11,14,22-23H,12-13,15H2,1-2H3. The van der Waals surface area contributed by atoms with Gasteiger partial charge in [-0.25, -0.2) is 0 Å². The summed E-state index contributed by atoms with van der Waals surface area (Å²) in [6.45, 7) is 6.44. The third kappa shape index (κ3) is 2.78. The first-order valence-electron chi connectivity index (χ1n) is 8.74. The van der Waals surface area contributed by atoms with Crippen molar-refractivity contribution in [1.82, 2.24) is 9.88 Å². The maximum absolute atomic E-state index is 3.49. The molecule has 0 radical (unpaired) electrons. The van der Waals surface area contributed by atoms with E-state index >= 15 is 0 Å². The molecule has 0 fully saturated rings. The molecule has 1 aliphatic heterocycles. The molecular weight excluding hydrogens is 292 g/mol. The average molecular weight is 316 g/mol. The zero-order valence-corrected chi connectivity index (χ0v) is 14.4. The highest BCUT2D eigenvalue weighted by molar-refractivity contribution is 5.38. The Morgan fingerprint density at radius 3 is 2.33 bits per heavy atom. The van der Waals surface area contributed by atoms with Gasteiger partial charge in [-0.1, -0.05) is 54.6 Å². The van der Waals surface area contributed by atoms with Gasteiger partial charge in [0.2, 0.25) is 0 Å². The number of fused-ring (bicyclic) bond motifs is 1. The van der Waals surface area contributed by atoms with Crippen molar-refractivity contribution in [2.24, 2.45) is 0 Å². The molecule has 24 heavy (non-hydrogen) atoms. The summed E-state index contributed by atoms with van der Waals surface area (Å²) < 4.78 is 0. The Morgan fingerprint density at radius 2 is 1.62 bits per heavy atom. The summed E-state index contributed by atoms with van der Waals surface area (Å²) in [5, 5.41) is 0. The topological polar surface area (TPSA) is 19.0 Å². The normalized spacial score (nSPS) is 15.9. The molecule has 0 saturated carbocycles. The number of H-pyrrole nitrogens is 1. The molecule has 122 valence electrons. The van der Waals surface area contributed by atoms with Crippen LogP contribution in [0.1, 0.15) is 39.7 Å². The van der Waals surface area contributed by atoms with Crippen molar-refractivity contribution in [3.63, 3.8) is 0 Å². The van der Waals surface area contributed by atoms with E-state index in [0.29, 0.717) is 6.04 Å². The van der Waals surface area contributed by atoms with Crippen molar-refractivity contribution in [2.75, 3.05) is 6.54 Å². The summed E-state index contributed by atoms with van der Waals surface area (Å²) in [4.78, 5) is 6.11. The van der Waals surface area contributed by atoms with Crippen LogP contribution >= 0.6 is 0 Å². The largest absolute Gasteiger partial charge is 0.362 e. The maximum atomic E-state index is 3.49. The third-order valence-corrected chi connectivity index (χ3v) is 5.12. The lowest BCUT2D eigenvalue weighted by Crippen LogP contribution is -2.34. The molecule has 1 aliphatic rings. The molecule has 4 rings (SSSR count). The van der Waals surface area contributed by atoms with E-state index in [9.17, 15) is 0 Å². The number of nitrogens with one attached hydrogen (secondary N) is 1. The van der Waals surface area contributed by atoms with Crippen molar-refractivity contribution in [3.05, 3.63) is 94.3 Å². The van der Waals surface area contributed by atoms with Gasteiger partial charge in [-0.15, -0.1) is 0 Å². The second-order valence-electron chi connectivity index (χ2n) is 6.84. The van der Waals surface area contributed by atoms with Crippen LogP contribution in [-0.2, 0) is 13.0 Å². The van der Waals surface area contributed by atoms with Crippen LogP contribution in [0.4, 0.5) is 0 Å². The van der Waals surface area contributed by atoms with Crippen molar-refractivity contribution in [2.45, 2.75) is 32.9 Å². The van der Waals surface area contributed by atoms with Gasteiger partial charge in [0.1, 0.15) is 0 Å². The van der Waals surface area contributed by atoms with Crippen LogP contribution in [0.5, 0.6) is 0 Å². The van der Waals surface area contributed by atoms with Crippen LogP contribution in [0.15, 0.2) is 60.7 Å². The van der Waals surface area contributed by atoms with Gasteiger partial charge in [0, 0.05) is 24.5 Å². The zero-order chi connectivity index (χ0) is 16.5. The molecule has 0 aliphatic carbocycles. The number of aromatic amines is 1. The first-order valence-corrected chi connectivity index (χ1v) is 8.74. The molecule has 0 amide bonds. The number of rotatable bonds is 3.